The van der Waals surface area contributed by atoms with Crippen molar-refractivity contribution in [3.63, 3.8) is 0 Å². The molecule has 3 rings (SSSR count). The van der Waals surface area contributed by atoms with Crippen molar-refractivity contribution in [1.82, 2.24) is 10.1 Å². The van der Waals surface area contributed by atoms with Gasteiger partial charge in [0.25, 0.3) is 5.89 Å². The summed E-state index contributed by atoms with van der Waals surface area (Å²) in [5, 5.41) is 4.76. The highest BCUT2D eigenvalue weighted by Crippen LogP contribution is 2.36. The van der Waals surface area contributed by atoms with E-state index in [2.05, 4.69) is 10.1 Å². The molecule has 2 N–H and O–H groups in total. The second-order valence-electron chi connectivity index (χ2n) is 5.31. The van der Waals surface area contributed by atoms with E-state index < -0.39 is 5.60 Å². The molecule has 1 aliphatic heterocycles. The Hall–Kier alpha value is -1.30. The van der Waals surface area contributed by atoms with E-state index in [0.29, 0.717) is 39.6 Å². The molecule has 2 heterocycles. The van der Waals surface area contributed by atoms with E-state index in [9.17, 15) is 0 Å². The second kappa shape index (κ2) is 5.48. The summed E-state index contributed by atoms with van der Waals surface area (Å²) in [5.74, 6) is 0.894. The monoisotopic (exact) mass is 327 g/mol. The lowest BCUT2D eigenvalue weighted by Gasteiger charge is -2.30. The standard InChI is InChI=1S/C14H15Cl2N3O2/c1-14(4-2-3-5-20-14)13-18-12(21-19-13)8-6-9(15)11(17)10(16)7-8/h6-7H,2-5,17H2,1H3. The lowest BCUT2D eigenvalue weighted by Crippen LogP contribution is -2.31. The van der Waals surface area contributed by atoms with Crippen molar-refractivity contribution in [1.29, 1.82) is 0 Å². The van der Waals surface area contributed by atoms with Crippen LogP contribution in [0.4, 0.5) is 5.69 Å². The van der Waals surface area contributed by atoms with Crippen molar-refractivity contribution in [2.75, 3.05) is 12.3 Å². The predicted molar refractivity (Wildman–Crippen MR) is 81.3 cm³/mol. The number of benzene rings is 1. The summed E-state index contributed by atoms with van der Waals surface area (Å²) in [6, 6.07) is 3.31. The van der Waals surface area contributed by atoms with Crippen molar-refractivity contribution in [3.8, 4) is 11.5 Å². The third-order valence-corrected chi connectivity index (χ3v) is 4.32. The first-order valence-corrected chi connectivity index (χ1v) is 7.48. The van der Waals surface area contributed by atoms with Gasteiger partial charge in [0, 0.05) is 12.2 Å². The van der Waals surface area contributed by atoms with Gasteiger partial charge in [-0.2, -0.15) is 4.98 Å². The average molecular weight is 328 g/mol. The predicted octanol–water partition coefficient (Wildman–Crippen LogP) is 4.04. The van der Waals surface area contributed by atoms with Crippen molar-refractivity contribution in [2.24, 2.45) is 0 Å². The third-order valence-electron chi connectivity index (χ3n) is 3.69. The molecule has 1 atom stereocenters. The van der Waals surface area contributed by atoms with Gasteiger partial charge in [-0.25, -0.2) is 0 Å². The minimum absolute atomic E-state index is 0.337. The number of nitrogens with two attached hydrogens (primary N) is 1. The minimum Gasteiger partial charge on any atom is -0.396 e. The molecule has 0 saturated carbocycles. The van der Waals surface area contributed by atoms with Crippen LogP contribution in [0.1, 0.15) is 32.0 Å². The van der Waals surface area contributed by atoms with E-state index in [4.69, 9.17) is 38.2 Å². The van der Waals surface area contributed by atoms with Crippen molar-refractivity contribution in [2.45, 2.75) is 31.8 Å². The molecular weight excluding hydrogens is 313 g/mol. The van der Waals surface area contributed by atoms with E-state index in [1.165, 1.54) is 0 Å². The Balaban J connectivity index is 1.95. The number of nitrogen functional groups attached to an aromatic ring is 1. The molecule has 1 fully saturated rings. The van der Waals surface area contributed by atoms with Crippen LogP contribution in [0.5, 0.6) is 0 Å². The molecule has 0 spiro atoms. The molecular formula is C14H15Cl2N3O2. The largest absolute Gasteiger partial charge is 0.396 e. The summed E-state index contributed by atoms with van der Waals surface area (Å²) in [6.45, 7) is 2.68. The number of halogens is 2. The van der Waals surface area contributed by atoms with Gasteiger partial charge in [0.1, 0.15) is 5.60 Å². The Labute approximate surface area is 132 Å². The van der Waals surface area contributed by atoms with E-state index in [0.717, 1.165) is 19.3 Å². The van der Waals surface area contributed by atoms with Crippen LogP contribution in [0.2, 0.25) is 10.0 Å². The van der Waals surface area contributed by atoms with Crippen LogP contribution in [0.3, 0.4) is 0 Å². The summed E-state index contributed by atoms with van der Waals surface area (Å²) in [5.41, 5.74) is 6.20. The molecule has 2 aromatic rings. The van der Waals surface area contributed by atoms with E-state index in [-0.39, 0.29) is 0 Å². The first-order chi connectivity index (χ1) is 9.99. The molecule has 1 aromatic carbocycles. The molecule has 5 nitrogen and oxygen atoms in total. The number of rotatable bonds is 2. The quantitative estimate of drug-likeness (QED) is 0.842. The zero-order chi connectivity index (χ0) is 15.0. The van der Waals surface area contributed by atoms with Crippen LogP contribution >= 0.6 is 23.2 Å². The second-order valence-corrected chi connectivity index (χ2v) is 6.13. The summed E-state index contributed by atoms with van der Waals surface area (Å²) in [4.78, 5) is 4.43. The number of aromatic nitrogens is 2. The minimum atomic E-state index is -0.499. The summed E-state index contributed by atoms with van der Waals surface area (Å²) in [6.07, 6.45) is 3.01. The lowest BCUT2D eigenvalue weighted by molar-refractivity contribution is -0.0770. The Morgan fingerprint density at radius 2 is 1.95 bits per heavy atom. The fraction of sp³-hybridized carbons (Fsp3) is 0.429. The number of hydrogen-bond donors (Lipinski definition) is 1. The van der Waals surface area contributed by atoms with Crippen LogP contribution in [0, 0.1) is 0 Å². The molecule has 0 bridgehead atoms. The molecule has 0 radical (unpaired) electrons. The van der Waals surface area contributed by atoms with E-state index in [1.807, 2.05) is 6.92 Å². The maximum atomic E-state index is 6.03. The molecule has 1 unspecified atom stereocenters. The molecule has 0 amide bonds. The Bertz CT molecular complexity index is 643. The first kappa shape index (κ1) is 14.6. The molecule has 21 heavy (non-hydrogen) atoms. The van der Waals surface area contributed by atoms with Crippen LogP contribution < -0.4 is 5.73 Å². The number of anilines is 1. The van der Waals surface area contributed by atoms with E-state index >= 15 is 0 Å². The van der Waals surface area contributed by atoms with Crippen molar-refractivity contribution >= 4 is 28.9 Å². The third kappa shape index (κ3) is 2.73. The van der Waals surface area contributed by atoms with Gasteiger partial charge in [-0.1, -0.05) is 28.4 Å². The van der Waals surface area contributed by atoms with Gasteiger partial charge in [0.05, 0.1) is 15.7 Å². The van der Waals surface area contributed by atoms with Gasteiger partial charge < -0.3 is 15.0 Å². The smallest absolute Gasteiger partial charge is 0.258 e. The van der Waals surface area contributed by atoms with Crippen LogP contribution in [0.25, 0.3) is 11.5 Å². The van der Waals surface area contributed by atoms with Crippen LogP contribution in [0.15, 0.2) is 16.7 Å². The molecule has 1 aromatic heterocycles. The first-order valence-electron chi connectivity index (χ1n) is 6.73. The topological polar surface area (TPSA) is 74.2 Å². The average Bonchev–Trinajstić information content (AvgIpc) is 2.95. The van der Waals surface area contributed by atoms with Gasteiger partial charge >= 0.3 is 0 Å². The van der Waals surface area contributed by atoms with Crippen molar-refractivity contribution in [3.05, 3.63) is 28.0 Å². The normalized spacial score (nSPS) is 22.4. The fourth-order valence-electron chi connectivity index (χ4n) is 2.37. The lowest BCUT2D eigenvalue weighted by atomic mass is 9.95. The Morgan fingerprint density at radius 1 is 1.24 bits per heavy atom. The molecule has 112 valence electrons. The van der Waals surface area contributed by atoms with Crippen LogP contribution in [-0.4, -0.2) is 16.7 Å². The number of nitrogens with zero attached hydrogens (tertiary/aromatic N) is 2. The van der Waals surface area contributed by atoms with Gasteiger partial charge in [-0.3, -0.25) is 0 Å². The molecule has 1 aliphatic rings. The number of hydrogen-bond acceptors (Lipinski definition) is 5. The Kier molecular flexibility index (Phi) is 3.82. The maximum Gasteiger partial charge on any atom is 0.258 e. The summed E-state index contributed by atoms with van der Waals surface area (Å²) in [7, 11) is 0. The highest BCUT2D eigenvalue weighted by atomic mass is 35.5. The fourth-order valence-corrected chi connectivity index (χ4v) is 2.86. The Morgan fingerprint density at radius 3 is 2.57 bits per heavy atom. The summed E-state index contributed by atoms with van der Waals surface area (Å²) < 4.78 is 11.1. The number of ether oxygens (including phenoxy) is 1. The van der Waals surface area contributed by atoms with Gasteiger partial charge in [-0.15, -0.1) is 0 Å². The highest BCUT2D eigenvalue weighted by molar-refractivity contribution is 6.39. The summed E-state index contributed by atoms with van der Waals surface area (Å²) >= 11 is 12.1. The van der Waals surface area contributed by atoms with Gasteiger partial charge in [0.15, 0.2) is 0 Å². The zero-order valence-electron chi connectivity index (χ0n) is 11.5. The maximum absolute atomic E-state index is 6.03. The molecule has 1 saturated heterocycles. The SMILES string of the molecule is CC1(c2noc(-c3cc(Cl)c(N)c(Cl)c3)n2)CCCCO1. The highest BCUT2D eigenvalue weighted by Gasteiger charge is 2.35. The van der Waals surface area contributed by atoms with E-state index in [1.54, 1.807) is 12.1 Å². The van der Waals surface area contributed by atoms with Gasteiger partial charge in [-0.05, 0) is 38.3 Å². The zero-order valence-corrected chi connectivity index (χ0v) is 13.0. The van der Waals surface area contributed by atoms with Gasteiger partial charge in [0.2, 0.25) is 5.82 Å². The van der Waals surface area contributed by atoms with Crippen LogP contribution in [-0.2, 0) is 10.3 Å². The molecule has 0 aliphatic carbocycles. The van der Waals surface area contributed by atoms with Crippen molar-refractivity contribution < 1.29 is 9.26 Å². The molecule has 7 heteroatoms.